The third-order valence-electron chi connectivity index (χ3n) is 3.84. The molecule has 1 nitrogen and oxygen atoms in total. The predicted octanol–water partition coefficient (Wildman–Crippen LogP) is 3.87. The topological polar surface area (TPSA) is 14.1 Å². The van der Waals surface area contributed by atoms with E-state index < -0.39 is 0 Å². The van der Waals surface area contributed by atoms with Crippen molar-refractivity contribution in [1.82, 2.24) is 0 Å². The fourth-order valence-electron chi connectivity index (χ4n) is 2.47. The molecule has 0 aliphatic carbocycles. The van der Waals surface area contributed by atoms with E-state index in [9.17, 15) is 0 Å². The fourth-order valence-corrected chi connectivity index (χ4v) is 2.47. The van der Waals surface area contributed by atoms with Crippen LogP contribution in [0.25, 0.3) is 5.32 Å². The molecule has 0 aromatic carbocycles. The molecule has 0 fully saturated rings. The molecule has 20 heavy (non-hydrogen) atoms. The van der Waals surface area contributed by atoms with E-state index in [-0.39, 0.29) is 18.9 Å². The normalized spacial score (nSPS) is 10.5. The Kier molecular flexibility index (Phi) is 24.9. The van der Waals surface area contributed by atoms with Gasteiger partial charge in [0, 0.05) is 0 Å². The molecular formula is C18H38LiN. The third-order valence-corrected chi connectivity index (χ3v) is 3.84. The van der Waals surface area contributed by atoms with Gasteiger partial charge in [-0.2, -0.15) is 0 Å². The van der Waals surface area contributed by atoms with Crippen LogP contribution in [0.1, 0.15) is 104 Å². The van der Waals surface area contributed by atoms with Gasteiger partial charge in [-0.25, -0.2) is 0 Å². The number of rotatable bonds is 16. The summed E-state index contributed by atoms with van der Waals surface area (Å²) < 4.78 is 0. The van der Waals surface area contributed by atoms with Crippen LogP contribution in [0.3, 0.4) is 0 Å². The molecule has 0 spiro atoms. The van der Waals surface area contributed by atoms with E-state index in [1.807, 2.05) is 0 Å². The van der Waals surface area contributed by atoms with Crippen LogP contribution < -0.4 is 18.9 Å². The van der Waals surface area contributed by atoms with E-state index in [0.29, 0.717) is 0 Å². The molecule has 0 saturated heterocycles. The molecule has 0 radical (unpaired) electrons. The van der Waals surface area contributed by atoms with Gasteiger partial charge in [-0.1, -0.05) is 104 Å². The molecule has 0 bridgehead atoms. The minimum Gasteiger partial charge on any atom is -0.662 e. The molecular weight excluding hydrogens is 237 g/mol. The van der Waals surface area contributed by atoms with Gasteiger partial charge in [0.1, 0.15) is 0 Å². The average Bonchev–Trinajstić information content (AvgIpc) is 2.43. The van der Waals surface area contributed by atoms with E-state index in [0.717, 1.165) is 13.1 Å². The fraction of sp³-hybridized carbons (Fsp3) is 1.00. The van der Waals surface area contributed by atoms with Crippen molar-refractivity contribution < 1.29 is 18.9 Å². The second-order valence-electron chi connectivity index (χ2n) is 5.91. The Hall–Kier alpha value is 0.557. The average molecular weight is 275 g/mol. The van der Waals surface area contributed by atoms with Crippen molar-refractivity contribution in [1.29, 1.82) is 0 Å². The van der Waals surface area contributed by atoms with E-state index in [4.69, 9.17) is 0 Å². The zero-order valence-corrected chi connectivity index (χ0v) is 14.8. The van der Waals surface area contributed by atoms with Crippen molar-refractivity contribution in [2.45, 2.75) is 104 Å². The van der Waals surface area contributed by atoms with Crippen LogP contribution in [0.4, 0.5) is 0 Å². The first kappa shape index (κ1) is 22.8. The summed E-state index contributed by atoms with van der Waals surface area (Å²) in [5.74, 6) is 0. The summed E-state index contributed by atoms with van der Waals surface area (Å²) in [6.07, 6.45) is 19.6. The summed E-state index contributed by atoms with van der Waals surface area (Å²) in [6, 6.07) is 0. The minimum absolute atomic E-state index is 0. The molecule has 0 amide bonds. The first-order valence-electron chi connectivity index (χ1n) is 9.05. The maximum absolute atomic E-state index is 4.64. The van der Waals surface area contributed by atoms with Crippen LogP contribution in [0, 0.1) is 0 Å². The van der Waals surface area contributed by atoms with Crippen molar-refractivity contribution in [3.8, 4) is 0 Å². The Morgan fingerprint density at radius 3 is 1.10 bits per heavy atom. The molecule has 0 rings (SSSR count). The second kappa shape index (κ2) is 21.8. The van der Waals surface area contributed by atoms with Crippen LogP contribution in [0.15, 0.2) is 0 Å². The van der Waals surface area contributed by atoms with Gasteiger partial charge < -0.3 is 5.32 Å². The van der Waals surface area contributed by atoms with Crippen LogP contribution in [-0.4, -0.2) is 13.1 Å². The molecule has 0 heterocycles. The second-order valence-corrected chi connectivity index (χ2v) is 5.91. The molecule has 0 aliphatic rings. The Bertz CT molecular complexity index is 134. The van der Waals surface area contributed by atoms with E-state index in [1.165, 1.54) is 89.9 Å². The van der Waals surface area contributed by atoms with Crippen molar-refractivity contribution in [3.63, 3.8) is 0 Å². The quantitative estimate of drug-likeness (QED) is 0.300. The third kappa shape index (κ3) is 20.9. The molecule has 0 atom stereocenters. The molecule has 0 aliphatic heterocycles. The maximum Gasteiger partial charge on any atom is 1.00 e. The molecule has 0 N–H and O–H groups in total. The Morgan fingerprint density at radius 2 is 0.750 bits per heavy atom. The van der Waals surface area contributed by atoms with E-state index in [1.54, 1.807) is 0 Å². The molecule has 0 saturated carbocycles. The predicted molar refractivity (Wildman–Crippen MR) is 89.1 cm³/mol. The summed E-state index contributed by atoms with van der Waals surface area (Å²) >= 11 is 0. The van der Waals surface area contributed by atoms with Crippen molar-refractivity contribution in [2.24, 2.45) is 0 Å². The van der Waals surface area contributed by atoms with Crippen molar-refractivity contribution in [2.75, 3.05) is 13.1 Å². The number of nitrogens with zero attached hydrogens (tertiary/aromatic N) is 1. The Morgan fingerprint density at radius 1 is 0.450 bits per heavy atom. The van der Waals surface area contributed by atoms with Gasteiger partial charge in [0.2, 0.25) is 0 Å². The Labute approximate surface area is 141 Å². The number of hydrogen-bond acceptors (Lipinski definition) is 0. The smallest absolute Gasteiger partial charge is 0.662 e. The maximum atomic E-state index is 4.64. The summed E-state index contributed by atoms with van der Waals surface area (Å²) in [5.41, 5.74) is 0. The first-order valence-corrected chi connectivity index (χ1v) is 9.05. The van der Waals surface area contributed by atoms with Gasteiger partial charge in [-0.3, -0.25) is 0 Å². The zero-order valence-electron chi connectivity index (χ0n) is 14.8. The molecule has 116 valence electrons. The van der Waals surface area contributed by atoms with Crippen LogP contribution in [0.2, 0.25) is 0 Å². The van der Waals surface area contributed by atoms with Gasteiger partial charge in [-0.15, -0.1) is 13.1 Å². The van der Waals surface area contributed by atoms with Gasteiger partial charge in [0.25, 0.3) is 0 Å². The number of hydrogen-bond donors (Lipinski definition) is 0. The minimum atomic E-state index is 0. The first-order chi connectivity index (χ1) is 9.41. The molecule has 0 aromatic heterocycles. The SMILES string of the molecule is CCCCCCCCC[N-]CCCCCCCCC.[Li+]. The largest absolute Gasteiger partial charge is 1.00 e. The van der Waals surface area contributed by atoms with E-state index in [2.05, 4.69) is 19.2 Å². The number of unbranched alkanes of at least 4 members (excludes halogenated alkanes) is 12. The van der Waals surface area contributed by atoms with Crippen LogP contribution in [-0.2, 0) is 0 Å². The van der Waals surface area contributed by atoms with Crippen LogP contribution in [0.5, 0.6) is 0 Å². The van der Waals surface area contributed by atoms with Gasteiger partial charge in [0.05, 0.1) is 0 Å². The standard InChI is InChI=1S/C18H38N.Li/c1-3-5-7-9-11-13-15-17-19-18-16-14-12-10-8-6-4-2;/h3-18H2,1-2H3;/q-1;+1. The van der Waals surface area contributed by atoms with Crippen molar-refractivity contribution >= 4 is 0 Å². The Balaban J connectivity index is 0. The summed E-state index contributed by atoms with van der Waals surface area (Å²) in [4.78, 5) is 0. The monoisotopic (exact) mass is 275 g/mol. The molecule has 2 heteroatoms. The van der Waals surface area contributed by atoms with Gasteiger partial charge in [0.15, 0.2) is 0 Å². The summed E-state index contributed by atoms with van der Waals surface area (Å²) in [7, 11) is 0. The molecule has 0 unspecified atom stereocenters. The van der Waals surface area contributed by atoms with Crippen molar-refractivity contribution in [3.05, 3.63) is 5.32 Å². The van der Waals surface area contributed by atoms with Crippen LogP contribution >= 0.6 is 0 Å². The summed E-state index contributed by atoms with van der Waals surface area (Å²) in [6.45, 7) is 6.79. The molecule has 0 aromatic rings. The van der Waals surface area contributed by atoms with Gasteiger partial charge >= 0.3 is 18.9 Å². The van der Waals surface area contributed by atoms with E-state index >= 15 is 0 Å². The zero-order chi connectivity index (χ0) is 14.0. The van der Waals surface area contributed by atoms with Gasteiger partial charge in [-0.05, 0) is 0 Å². The summed E-state index contributed by atoms with van der Waals surface area (Å²) in [5, 5.41) is 4.64.